The summed E-state index contributed by atoms with van der Waals surface area (Å²) in [5.41, 5.74) is 6.19. The fraction of sp³-hybridized carbons (Fsp3) is 0.400. The Hall–Kier alpha value is -0.940. The molecule has 0 radical (unpaired) electrons. The molecular weight excluding hydrogens is 217 g/mol. The van der Waals surface area contributed by atoms with Gasteiger partial charge in [-0.25, -0.2) is 12.8 Å². The fourth-order valence-corrected chi connectivity index (χ4v) is 2.02. The highest BCUT2D eigenvalue weighted by molar-refractivity contribution is 7.90. The van der Waals surface area contributed by atoms with Gasteiger partial charge in [0, 0.05) is 6.26 Å². The van der Waals surface area contributed by atoms with Crippen molar-refractivity contribution in [1.29, 1.82) is 0 Å². The average Bonchev–Trinajstić information content (AvgIpc) is 2.15. The Morgan fingerprint density at radius 2 is 2.07 bits per heavy atom. The molecule has 1 aromatic rings. The van der Waals surface area contributed by atoms with E-state index >= 15 is 0 Å². The van der Waals surface area contributed by atoms with E-state index in [9.17, 15) is 12.8 Å². The standard InChI is InChI=1S/C10H14FNO2S/c1-7(6-12)8-3-4-9(11)10(5-8)15(2,13)14/h3-5,7H,6,12H2,1-2H3. The molecule has 0 aliphatic carbocycles. The Kier molecular flexibility index (Phi) is 3.46. The number of nitrogens with two attached hydrogens (primary N) is 1. The smallest absolute Gasteiger partial charge is 0.178 e. The van der Waals surface area contributed by atoms with Crippen LogP contribution < -0.4 is 5.73 Å². The lowest BCUT2D eigenvalue weighted by Gasteiger charge is -2.10. The monoisotopic (exact) mass is 231 g/mol. The van der Waals surface area contributed by atoms with Crippen LogP contribution in [0.3, 0.4) is 0 Å². The third-order valence-corrected chi connectivity index (χ3v) is 3.39. The van der Waals surface area contributed by atoms with Crippen molar-refractivity contribution in [3.05, 3.63) is 29.6 Å². The lowest BCUT2D eigenvalue weighted by atomic mass is 10.0. The average molecular weight is 231 g/mol. The highest BCUT2D eigenvalue weighted by atomic mass is 32.2. The number of sulfone groups is 1. The van der Waals surface area contributed by atoms with Crippen molar-refractivity contribution >= 4 is 9.84 Å². The van der Waals surface area contributed by atoms with E-state index in [1.807, 2.05) is 6.92 Å². The van der Waals surface area contributed by atoms with E-state index < -0.39 is 15.7 Å². The molecule has 0 fully saturated rings. The SMILES string of the molecule is CC(CN)c1ccc(F)c(S(C)(=O)=O)c1. The number of rotatable bonds is 3. The van der Waals surface area contributed by atoms with Crippen molar-refractivity contribution in [2.24, 2.45) is 5.73 Å². The first-order valence-electron chi connectivity index (χ1n) is 4.56. The molecule has 0 saturated carbocycles. The van der Waals surface area contributed by atoms with Gasteiger partial charge in [0.15, 0.2) is 9.84 Å². The molecule has 0 bridgehead atoms. The molecular formula is C10H14FNO2S. The predicted octanol–water partition coefficient (Wildman–Crippen LogP) is 1.29. The Morgan fingerprint density at radius 1 is 1.47 bits per heavy atom. The van der Waals surface area contributed by atoms with Crippen LogP contribution in [0, 0.1) is 5.82 Å². The summed E-state index contributed by atoms with van der Waals surface area (Å²) in [6, 6.07) is 4.07. The Morgan fingerprint density at radius 3 is 2.53 bits per heavy atom. The zero-order valence-electron chi connectivity index (χ0n) is 8.70. The van der Waals surface area contributed by atoms with Gasteiger partial charge in [0.25, 0.3) is 0 Å². The molecule has 0 aliphatic rings. The largest absolute Gasteiger partial charge is 0.330 e. The number of benzene rings is 1. The molecule has 1 atom stereocenters. The zero-order valence-corrected chi connectivity index (χ0v) is 9.51. The van der Waals surface area contributed by atoms with Gasteiger partial charge in [-0.2, -0.15) is 0 Å². The second-order valence-corrected chi connectivity index (χ2v) is 5.58. The van der Waals surface area contributed by atoms with E-state index in [4.69, 9.17) is 5.73 Å². The van der Waals surface area contributed by atoms with Crippen LogP contribution in [-0.2, 0) is 9.84 Å². The lowest BCUT2D eigenvalue weighted by molar-refractivity contribution is 0.569. The Balaban J connectivity index is 3.29. The van der Waals surface area contributed by atoms with Gasteiger partial charge in [-0.1, -0.05) is 13.0 Å². The van der Waals surface area contributed by atoms with Crippen LogP contribution in [0.15, 0.2) is 23.1 Å². The van der Waals surface area contributed by atoms with E-state index in [0.717, 1.165) is 17.9 Å². The fourth-order valence-electron chi connectivity index (χ4n) is 1.25. The van der Waals surface area contributed by atoms with Gasteiger partial charge >= 0.3 is 0 Å². The minimum Gasteiger partial charge on any atom is -0.330 e. The van der Waals surface area contributed by atoms with Crippen LogP contribution in [0.25, 0.3) is 0 Å². The second kappa shape index (κ2) is 4.28. The van der Waals surface area contributed by atoms with Gasteiger partial charge in [-0.15, -0.1) is 0 Å². The second-order valence-electron chi connectivity index (χ2n) is 3.60. The molecule has 3 nitrogen and oxygen atoms in total. The van der Waals surface area contributed by atoms with E-state index in [1.165, 1.54) is 6.07 Å². The first-order valence-corrected chi connectivity index (χ1v) is 6.45. The van der Waals surface area contributed by atoms with Gasteiger partial charge in [0.05, 0.1) is 0 Å². The molecule has 0 saturated heterocycles. The predicted molar refractivity (Wildman–Crippen MR) is 57.0 cm³/mol. The summed E-state index contributed by atoms with van der Waals surface area (Å²) in [6.45, 7) is 2.26. The minimum absolute atomic E-state index is 0.0195. The number of halogens is 1. The molecule has 0 aliphatic heterocycles. The van der Waals surface area contributed by atoms with Crippen LogP contribution in [0.4, 0.5) is 4.39 Å². The van der Waals surface area contributed by atoms with Gasteiger partial charge in [-0.3, -0.25) is 0 Å². The number of hydrogen-bond donors (Lipinski definition) is 1. The van der Waals surface area contributed by atoms with Crippen molar-refractivity contribution in [2.45, 2.75) is 17.7 Å². The summed E-state index contributed by atoms with van der Waals surface area (Å²) in [5.74, 6) is -0.698. The molecule has 0 spiro atoms. The molecule has 1 rings (SSSR count). The van der Waals surface area contributed by atoms with Crippen molar-refractivity contribution in [3.63, 3.8) is 0 Å². The quantitative estimate of drug-likeness (QED) is 0.852. The van der Waals surface area contributed by atoms with E-state index in [0.29, 0.717) is 6.54 Å². The molecule has 2 N–H and O–H groups in total. The summed E-state index contributed by atoms with van der Waals surface area (Å²) >= 11 is 0. The Labute approximate surface area is 89.0 Å². The maximum absolute atomic E-state index is 13.2. The third kappa shape index (κ3) is 2.76. The maximum atomic E-state index is 13.2. The summed E-state index contributed by atoms with van der Waals surface area (Å²) < 4.78 is 35.7. The van der Waals surface area contributed by atoms with Crippen LogP contribution in [0.1, 0.15) is 18.4 Å². The van der Waals surface area contributed by atoms with Crippen LogP contribution in [0.5, 0.6) is 0 Å². The lowest BCUT2D eigenvalue weighted by Crippen LogP contribution is -2.10. The van der Waals surface area contributed by atoms with Crippen LogP contribution >= 0.6 is 0 Å². The topological polar surface area (TPSA) is 60.2 Å². The summed E-state index contributed by atoms with van der Waals surface area (Å²) in [5, 5.41) is 0. The van der Waals surface area contributed by atoms with Gasteiger partial charge in [0.2, 0.25) is 0 Å². The molecule has 5 heteroatoms. The molecule has 84 valence electrons. The van der Waals surface area contributed by atoms with Crippen molar-refractivity contribution in [2.75, 3.05) is 12.8 Å². The maximum Gasteiger partial charge on any atom is 0.178 e. The summed E-state index contributed by atoms with van der Waals surface area (Å²) in [4.78, 5) is -0.264. The highest BCUT2D eigenvalue weighted by Crippen LogP contribution is 2.21. The molecule has 0 amide bonds. The van der Waals surface area contributed by atoms with E-state index in [1.54, 1.807) is 6.07 Å². The Bertz CT molecular complexity index is 456. The van der Waals surface area contributed by atoms with Gasteiger partial charge < -0.3 is 5.73 Å². The molecule has 0 heterocycles. The molecule has 1 aromatic carbocycles. The molecule has 15 heavy (non-hydrogen) atoms. The van der Waals surface area contributed by atoms with Gasteiger partial charge in [0.1, 0.15) is 10.7 Å². The number of hydrogen-bond acceptors (Lipinski definition) is 3. The normalized spacial score (nSPS) is 13.9. The zero-order chi connectivity index (χ0) is 11.6. The van der Waals surface area contributed by atoms with Crippen molar-refractivity contribution < 1.29 is 12.8 Å². The highest BCUT2D eigenvalue weighted by Gasteiger charge is 2.15. The summed E-state index contributed by atoms with van der Waals surface area (Å²) in [7, 11) is -3.51. The van der Waals surface area contributed by atoms with Crippen LogP contribution in [0.2, 0.25) is 0 Å². The van der Waals surface area contributed by atoms with Gasteiger partial charge in [-0.05, 0) is 30.2 Å². The van der Waals surface area contributed by atoms with E-state index in [-0.39, 0.29) is 10.8 Å². The van der Waals surface area contributed by atoms with E-state index in [2.05, 4.69) is 0 Å². The molecule has 0 aromatic heterocycles. The van der Waals surface area contributed by atoms with Crippen molar-refractivity contribution in [3.8, 4) is 0 Å². The minimum atomic E-state index is -3.51. The summed E-state index contributed by atoms with van der Waals surface area (Å²) in [6.07, 6.45) is 0.988. The first-order chi connectivity index (χ1) is 6.86. The molecule has 1 unspecified atom stereocenters. The van der Waals surface area contributed by atoms with Crippen LogP contribution in [-0.4, -0.2) is 21.2 Å². The first kappa shape index (κ1) is 12.1. The van der Waals surface area contributed by atoms with Crippen molar-refractivity contribution in [1.82, 2.24) is 0 Å². The third-order valence-electron chi connectivity index (χ3n) is 2.28.